The number of carbonyl (C=O) groups excluding carboxylic acids is 1. The minimum atomic E-state index is -3.60. The quantitative estimate of drug-likeness (QED) is 0.861. The number of piperidine rings is 1. The van der Waals surface area contributed by atoms with Gasteiger partial charge in [-0.2, -0.15) is 0 Å². The third kappa shape index (κ3) is 4.06. The molecule has 1 heterocycles. The summed E-state index contributed by atoms with van der Waals surface area (Å²) in [5.41, 5.74) is 6.23. The summed E-state index contributed by atoms with van der Waals surface area (Å²) in [6.45, 7) is 4.73. The van der Waals surface area contributed by atoms with Crippen molar-refractivity contribution in [3.63, 3.8) is 0 Å². The second kappa shape index (κ2) is 6.76. The Balaban J connectivity index is 2.19. The summed E-state index contributed by atoms with van der Waals surface area (Å²) in [6.07, 6.45) is 1.55. The Hall–Kier alpha value is -1.44. The summed E-state index contributed by atoms with van der Waals surface area (Å²) in [6, 6.07) is 6.11. The van der Waals surface area contributed by atoms with E-state index in [-0.39, 0.29) is 22.9 Å². The Morgan fingerprint density at radius 3 is 2.55 bits per heavy atom. The van der Waals surface area contributed by atoms with Crippen molar-refractivity contribution in [3.05, 3.63) is 29.8 Å². The van der Waals surface area contributed by atoms with E-state index in [1.54, 1.807) is 30.9 Å². The number of benzene rings is 1. The lowest BCUT2D eigenvalue weighted by Gasteiger charge is -2.30. The summed E-state index contributed by atoms with van der Waals surface area (Å²) < 4.78 is 26.9. The highest BCUT2D eigenvalue weighted by molar-refractivity contribution is 7.89. The van der Waals surface area contributed by atoms with Crippen molar-refractivity contribution < 1.29 is 13.2 Å². The van der Waals surface area contributed by atoms with Gasteiger partial charge in [0.15, 0.2) is 0 Å². The predicted octanol–water partition coefficient (Wildman–Crippen LogP) is 0.937. The van der Waals surface area contributed by atoms with Crippen molar-refractivity contribution in [2.75, 3.05) is 13.1 Å². The van der Waals surface area contributed by atoms with Crippen LogP contribution in [0.4, 0.5) is 0 Å². The van der Waals surface area contributed by atoms with Crippen LogP contribution in [0.15, 0.2) is 29.2 Å². The largest absolute Gasteiger partial charge is 0.339 e. The van der Waals surface area contributed by atoms with Gasteiger partial charge in [-0.25, -0.2) is 13.1 Å². The maximum atomic E-state index is 12.5. The van der Waals surface area contributed by atoms with E-state index >= 15 is 0 Å². The van der Waals surface area contributed by atoms with Gasteiger partial charge in [-0.15, -0.1) is 0 Å². The van der Waals surface area contributed by atoms with E-state index in [2.05, 4.69) is 4.72 Å². The minimum absolute atomic E-state index is 0.112. The minimum Gasteiger partial charge on any atom is -0.339 e. The number of nitrogens with two attached hydrogens (primary N) is 1. The molecule has 7 heteroatoms. The first-order valence-corrected chi connectivity index (χ1v) is 8.95. The van der Waals surface area contributed by atoms with Gasteiger partial charge in [0, 0.05) is 30.7 Å². The molecule has 0 aliphatic carbocycles. The molecule has 0 unspecified atom stereocenters. The van der Waals surface area contributed by atoms with Crippen LogP contribution in [0.1, 0.15) is 37.0 Å². The molecule has 0 atom stereocenters. The number of sulfonamides is 1. The van der Waals surface area contributed by atoms with Crippen molar-refractivity contribution in [2.45, 2.75) is 43.7 Å². The molecule has 0 saturated carbocycles. The molecule has 0 aromatic heterocycles. The first-order chi connectivity index (χ1) is 10.3. The Bertz CT molecular complexity index is 635. The summed E-state index contributed by atoms with van der Waals surface area (Å²) in [4.78, 5) is 14.3. The zero-order valence-corrected chi connectivity index (χ0v) is 13.8. The summed E-state index contributed by atoms with van der Waals surface area (Å²) in [5, 5.41) is 0. The Morgan fingerprint density at radius 2 is 1.95 bits per heavy atom. The fraction of sp³-hybridized carbons (Fsp3) is 0.533. The molecule has 0 bridgehead atoms. The summed E-state index contributed by atoms with van der Waals surface area (Å²) in [5.74, 6) is -0.145. The molecule has 3 N–H and O–H groups in total. The van der Waals surface area contributed by atoms with Gasteiger partial charge in [-0.1, -0.05) is 6.07 Å². The van der Waals surface area contributed by atoms with E-state index in [4.69, 9.17) is 5.73 Å². The van der Waals surface area contributed by atoms with Crippen LogP contribution >= 0.6 is 0 Å². The van der Waals surface area contributed by atoms with Crippen molar-refractivity contribution in [2.24, 2.45) is 5.73 Å². The number of amides is 1. The van der Waals surface area contributed by atoms with E-state index in [1.165, 1.54) is 12.1 Å². The topological polar surface area (TPSA) is 92.5 Å². The molecule has 0 radical (unpaired) electrons. The molecule has 0 spiro atoms. The second-order valence-corrected chi connectivity index (χ2v) is 7.65. The van der Waals surface area contributed by atoms with Gasteiger partial charge in [0.1, 0.15) is 0 Å². The lowest BCUT2D eigenvalue weighted by atomic mass is 10.0. The third-order valence-corrected chi connectivity index (χ3v) is 5.27. The average Bonchev–Trinajstić information content (AvgIpc) is 2.46. The molecule has 1 amide bonds. The maximum Gasteiger partial charge on any atom is 0.253 e. The van der Waals surface area contributed by atoms with Crippen LogP contribution in [0, 0.1) is 0 Å². The number of hydrogen-bond donors (Lipinski definition) is 2. The molecular weight excluding hydrogens is 302 g/mol. The molecule has 1 aliphatic heterocycles. The number of carbonyl (C=O) groups is 1. The smallest absolute Gasteiger partial charge is 0.253 e. The lowest BCUT2D eigenvalue weighted by Crippen LogP contribution is -2.42. The standard InChI is InChI=1S/C15H23N3O3S/c1-11(2)17-22(20,21)14-5-3-4-12(10-14)15(19)18-8-6-13(16)7-9-18/h3-5,10-11,13,17H,6-9,16H2,1-2H3. The number of rotatable bonds is 4. The van der Waals surface area contributed by atoms with Gasteiger partial charge in [0.25, 0.3) is 5.91 Å². The number of nitrogens with one attached hydrogen (secondary N) is 1. The molecule has 1 saturated heterocycles. The van der Waals surface area contributed by atoms with E-state index in [9.17, 15) is 13.2 Å². The van der Waals surface area contributed by atoms with Gasteiger partial charge in [-0.3, -0.25) is 4.79 Å². The zero-order chi connectivity index (χ0) is 16.3. The Kier molecular flexibility index (Phi) is 5.20. The van der Waals surface area contributed by atoms with Crippen molar-refractivity contribution >= 4 is 15.9 Å². The number of likely N-dealkylation sites (tertiary alicyclic amines) is 1. The van der Waals surface area contributed by atoms with Crippen LogP contribution in [-0.4, -0.2) is 44.4 Å². The van der Waals surface area contributed by atoms with Gasteiger partial charge in [0.05, 0.1) is 4.90 Å². The first-order valence-electron chi connectivity index (χ1n) is 7.47. The highest BCUT2D eigenvalue weighted by atomic mass is 32.2. The van der Waals surface area contributed by atoms with Crippen LogP contribution in [-0.2, 0) is 10.0 Å². The van der Waals surface area contributed by atoms with Gasteiger partial charge in [0.2, 0.25) is 10.0 Å². The zero-order valence-electron chi connectivity index (χ0n) is 13.0. The maximum absolute atomic E-state index is 12.5. The molecule has 1 fully saturated rings. The first kappa shape index (κ1) is 16.9. The third-order valence-electron chi connectivity index (χ3n) is 3.61. The van der Waals surface area contributed by atoms with Gasteiger partial charge in [-0.05, 0) is 44.9 Å². The highest BCUT2D eigenvalue weighted by Crippen LogP contribution is 2.16. The molecule has 1 aromatic rings. The van der Waals surface area contributed by atoms with Crippen molar-refractivity contribution in [1.82, 2.24) is 9.62 Å². The average molecular weight is 325 g/mol. The second-order valence-electron chi connectivity index (χ2n) is 5.93. The van der Waals surface area contributed by atoms with Gasteiger partial charge >= 0.3 is 0 Å². The van der Waals surface area contributed by atoms with E-state index < -0.39 is 10.0 Å². The normalized spacial score (nSPS) is 17.0. The monoisotopic (exact) mass is 325 g/mol. The SMILES string of the molecule is CC(C)NS(=O)(=O)c1cccc(C(=O)N2CCC(N)CC2)c1. The molecule has 22 heavy (non-hydrogen) atoms. The predicted molar refractivity (Wildman–Crippen MR) is 85.0 cm³/mol. The lowest BCUT2D eigenvalue weighted by molar-refractivity contribution is 0.0714. The van der Waals surface area contributed by atoms with E-state index in [0.717, 1.165) is 12.8 Å². The van der Waals surface area contributed by atoms with Gasteiger partial charge < -0.3 is 10.6 Å². The Morgan fingerprint density at radius 1 is 1.32 bits per heavy atom. The molecule has 2 rings (SSSR count). The van der Waals surface area contributed by atoms with Crippen molar-refractivity contribution in [1.29, 1.82) is 0 Å². The Labute approximate surface area is 131 Å². The van der Waals surface area contributed by atoms with Crippen LogP contribution in [0.25, 0.3) is 0 Å². The molecular formula is C15H23N3O3S. The highest BCUT2D eigenvalue weighted by Gasteiger charge is 2.23. The fourth-order valence-corrected chi connectivity index (χ4v) is 3.76. The van der Waals surface area contributed by atoms with E-state index in [0.29, 0.717) is 18.7 Å². The fourth-order valence-electron chi connectivity index (χ4n) is 2.46. The molecule has 1 aromatic carbocycles. The molecule has 122 valence electrons. The van der Waals surface area contributed by atoms with Crippen LogP contribution in [0.3, 0.4) is 0 Å². The van der Waals surface area contributed by atoms with Crippen LogP contribution in [0.5, 0.6) is 0 Å². The molecule has 6 nitrogen and oxygen atoms in total. The summed E-state index contributed by atoms with van der Waals surface area (Å²) >= 11 is 0. The molecule has 1 aliphatic rings. The van der Waals surface area contributed by atoms with Crippen LogP contribution in [0.2, 0.25) is 0 Å². The summed E-state index contributed by atoms with van der Waals surface area (Å²) in [7, 11) is -3.60. The number of hydrogen-bond acceptors (Lipinski definition) is 4. The number of nitrogens with zero attached hydrogens (tertiary/aromatic N) is 1. The van der Waals surface area contributed by atoms with E-state index in [1.807, 2.05) is 0 Å². The van der Waals surface area contributed by atoms with Crippen molar-refractivity contribution in [3.8, 4) is 0 Å². The van der Waals surface area contributed by atoms with Crippen LogP contribution < -0.4 is 10.5 Å².